The van der Waals surface area contributed by atoms with Gasteiger partial charge in [0.05, 0.1) is 36.9 Å². The number of hydrogen-bond acceptors (Lipinski definition) is 5. The SMILES string of the molecule is CCc1ccc(-n2c(C(CC)N(CCc3ccc(OC)c(OC)c3)C(=O)c3ccc4ccccc4c3)nc3ccccc3c2=O)cc1. The summed E-state index contributed by atoms with van der Waals surface area (Å²) >= 11 is 0. The molecule has 0 bridgehead atoms. The third kappa shape index (κ3) is 6.34. The number of benzene rings is 5. The van der Waals surface area contributed by atoms with Gasteiger partial charge in [-0.25, -0.2) is 4.98 Å². The lowest BCUT2D eigenvalue weighted by Crippen LogP contribution is -2.39. The molecular weight excluding hydrogens is 586 g/mol. The summed E-state index contributed by atoms with van der Waals surface area (Å²) in [5.41, 5.74) is 3.91. The maximum Gasteiger partial charge on any atom is 0.266 e. The Morgan fingerprint density at radius 3 is 2.21 bits per heavy atom. The molecule has 1 heterocycles. The number of fused-ring (bicyclic) bond motifs is 2. The second-order valence-electron chi connectivity index (χ2n) is 11.6. The fraction of sp³-hybridized carbons (Fsp3) is 0.225. The van der Waals surface area contributed by atoms with E-state index in [-0.39, 0.29) is 11.5 Å². The first kappa shape index (κ1) is 31.5. The molecule has 0 aliphatic carbocycles. The van der Waals surface area contributed by atoms with Gasteiger partial charge in [-0.1, -0.05) is 74.5 Å². The molecule has 238 valence electrons. The summed E-state index contributed by atoms with van der Waals surface area (Å²) < 4.78 is 12.7. The first-order valence-corrected chi connectivity index (χ1v) is 16.1. The molecule has 6 rings (SSSR count). The van der Waals surface area contributed by atoms with Gasteiger partial charge in [0.2, 0.25) is 0 Å². The summed E-state index contributed by atoms with van der Waals surface area (Å²) in [6.07, 6.45) is 1.99. The summed E-state index contributed by atoms with van der Waals surface area (Å²) in [6.45, 7) is 4.52. The number of carbonyl (C=O) groups is 1. The highest BCUT2D eigenvalue weighted by Gasteiger charge is 2.30. The van der Waals surface area contributed by atoms with E-state index in [1.165, 1.54) is 5.56 Å². The molecule has 0 saturated carbocycles. The van der Waals surface area contributed by atoms with Crippen LogP contribution < -0.4 is 15.0 Å². The predicted molar refractivity (Wildman–Crippen MR) is 188 cm³/mol. The Labute approximate surface area is 275 Å². The minimum Gasteiger partial charge on any atom is -0.493 e. The number of aromatic nitrogens is 2. The van der Waals surface area contributed by atoms with Crippen molar-refractivity contribution in [3.05, 3.63) is 142 Å². The smallest absolute Gasteiger partial charge is 0.266 e. The topological polar surface area (TPSA) is 73.7 Å². The van der Waals surface area contributed by atoms with Gasteiger partial charge in [-0.05, 0) is 89.7 Å². The molecule has 0 radical (unpaired) electrons. The minimum atomic E-state index is -0.503. The summed E-state index contributed by atoms with van der Waals surface area (Å²) in [4.78, 5) is 35.9. The third-order valence-electron chi connectivity index (χ3n) is 8.81. The average Bonchev–Trinajstić information content (AvgIpc) is 3.12. The van der Waals surface area contributed by atoms with Gasteiger partial charge in [-0.15, -0.1) is 0 Å². The number of aryl methyl sites for hydroxylation is 1. The lowest BCUT2D eigenvalue weighted by atomic mass is 10.0. The molecule has 0 aliphatic rings. The molecular formula is C40H39N3O4. The minimum absolute atomic E-state index is 0.127. The van der Waals surface area contributed by atoms with Crippen molar-refractivity contribution in [3.8, 4) is 17.2 Å². The molecule has 1 aromatic heterocycles. The van der Waals surface area contributed by atoms with Crippen LogP contribution >= 0.6 is 0 Å². The largest absolute Gasteiger partial charge is 0.493 e. The lowest BCUT2D eigenvalue weighted by Gasteiger charge is -2.33. The molecule has 1 atom stereocenters. The van der Waals surface area contributed by atoms with Gasteiger partial charge in [-0.2, -0.15) is 0 Å². The van der Waals surface area contributed by atoms with Crippen LogP contribution in [0.4, 0.5) is 0 Å². The van der Waals surface area contributed by atoms with Crippen molar-refractivity contribution < 1.29 is 14.3 Å². The maximum atomic E-state index is 14.7. The molecule has 5 aromatic carbocycles. The Bertz CT molecular complexity index is 2100. The normalized spacial score (nSPS) is 11.8. The number of amides is 1. The van der Waals surface area contributed by atoms with E-state index in [2.05, 4.69) is 6.92 Å². The van der Waals surface area contributed by atoms with Gasteiger partial charge in [-0.3, -0.25) is 14.2 Å². The number of carbonyl (C=O) groups excluding carboxylic acids is 1. The molecule has 6 aromatic rings. The molecule has 1 unspecified atom stereocenters. The van der Waals surface area contributed by atoms with E-state index in [4.69, 9.17) is 14.5 Å². The van der Waals surface area contributed by atoms with Crippen molar-refractivity contribution in [2.24, 2.45) is 0 Å². The molecule has 0 aliphatic heterocycles. The van der Waals surface area contributed by atoms with Crippen molar-refractivity contribution in [1.29, 1.82) is 0 Å². The van der Waals surface area contributed by atoms with E-state index in [0.717, 1.165) is 28.4 Å². The lowest BCUT2D eigenvalue weighted by molar-refractivity contribution is 0.0662. The monoisotopic (exact) mass is 625 g/mol. The highest BCUT2D eigenvalue weighted by Crippen LogP contribution is 2.31. The highest BCUT2D eigenvalue weighted by atomic mass is 16.5. The zero-order chi connectivity index (χ0) is 32.9. The van der Waals surface area contributed by atoms with Gasteiger partial charge in [0.25, 0.3) is 11.5 Å². The van der Waals surface area contributed by atoms with Gasteiger partial charge in [0, 0.05) is 12.1 Å². The van der Waals surface area contributed by atoms with Crippen LogP contribution in [0.2, 0.25) is 0 Å². The zero-order valence-electron chi connectivity index (χ0n) is 27.3. The maximum absolute atomic E-state index is 14.7. The van der Waals surface area contributed by atoms with Gasteiger partial charge in [0.15, 0.2) is 11.5 Å². The molecule has 0 spiro atoms. The van der Waals surface area contributed by atoms with E-state index in [9.17, 15) is 9.59 Å². The zero-order valence-corrected chi connectivity index (χ0v) is 27.3. The molecule has 7 nitrogen and oxygen atoms in total. The summed E-state index contributed by atoms with van der Waals surface area (Å²) in [7, 11) is 3.22. The fourth-order valence-electron chi connectivity index (χ4n) is 6.22. The fourth-order valence-corrected chi connectivity index (χ4v) is 6.22. The van der Waals surface area contributed by atoms with Gasteiger partial charge in [0.1, 0.15) is 5.82 Å². The van der Waals surface area contributed by atoms with Crippen LogP contribution in [0.1, 0.15) is 53.6 Å². The number of hydrogen-bond donors (Lipinski definition) is 0. The van der Waals surface area contributed by atoms with Crippen LogP contribution in [0.15, 0.2) is 114 Å². The first-order chi connectivity index (χ1) is 22.9. The van der Waals surface area contributed by atoms with E-state index >= 15 is 0 Å². The van der Waals surface area contributed by atoms with Crippen LogP contribution in [0.3, 0.4) is 0 Å². The Kier molecular flexibility index (Phi) is 9.34. The van der Waals surface area contributed by atoms with Gasteiger partial charge >= 0.3 is 0 Å². The predicted octanol–water partition coefficient (Wildman–Crippen LogP) is 7.95. The van der Waals surface area contributed by atoms with E-state index in [1.807, 2.05) is 115 Å². The summed E-state index contributed by atoms with van der Waals surface area (Å²) in [6, 6.07) is 34.5. The number of methoxy groups -OCH3 is 2. The molecule has 7 heteroatoms. The number of para-hydroxylation sites is 1. The Morgan fingerprint density at radius 2 is 1.49 bits per heavy atom. The van der Waals surface area contributed by atoms with Crippen LogP contribution in [0, 0.1) is 0 Å². The Hall–Kier alpha value is -5.43. The third-order valence-corrected chi connectivity index (χ3v) is 8.81. The van der Waals surface area contributed by atoms with E-state index in [0.29, 0.717) is 53.2 Å². The summed E-state index contributed by atoms with van der Waals surface area (Å²) in [5, 5.41) is 2.58. The number of rotatable bonds is 11. The second kappa shape index (κ2) is 13.9. The van der Waals surface area contributed by atoms with Crippen LogP contribution in [-0.4, -0.2) is 41.1 Å². The molecule has 1 amide bonds. The highest BCUT2D eigenvalue weighted by molar-refractivity contribution is 5.98. The van der Waals surface area contributed by atoms with E-state index in [1.54, 1.807) is 24.9 Å². The standard InChI is InChI=1S/C40H39N3O4/c1-5-27-15-20-32(21-16-27)43-38(41-34-14-10-9-13-33(34)40(43)45)35(6-2)42(24-23-28-17-22-36(46-3)37(25-28)47-4)39(44)31-19-18-29-11-7-8-12-30(29)26-31/h7-22,25-26,35H,5-6,23-24H2,1-4H3. The Morgan fingerprint density at radius 1 is 0.787 bits per heavy atom. The molecule has 0 N–H and O–H groups in total. The number of ether oxygens (including phenoxy) is 2. The van der Waals surface area contributed by atoms with Crippen LogP contribution in [0.25, 0.3) is 27.4 Å². The van der Waals surface area contributed by atoms with Crippen LogP contribution in [0.5, 0.6) is 11.5 Å². The first-order valence-electron chi connectivity index (χ1n) is 16.1. The summed E-state index contributed by atoms with van der Waals surface area (Å²) in [5.74, 6) is 1.68. The average molecular weight is 626 g/mol. The van der Waals surface area contributed by atoms with Gasteiger partial charge < -0.3 is 14.4 Å². The molecule has 47 heavy (non-hydrogen) atoms. The number of nitrogens with zero attached hydrogens (tertiary/aromatic N) is 3. The molecule has 0 saturated heterocycles. The van der Waals surface area contributed by atoms with Crippen LogP contribution in [-0.2, 0) is 12.8 Å². The quantitative estimate of drug-likeness (QED) is 0.146. The van der Waals surface area contributed by atoms with Crippen molar-refractivity contribution >= 4 is 27.6 Å². The van der Waals surface area contributed by atoms with Crippen molar-refractivity contribution in [2.75, 3.05) is 20.8 Å². The molecule has 0 fully saturated rings. The van der Waals surface area contributed by atoms with Crippen molar-refractivity contribution in [3.63, 3.8) is 0 Å². The van der Waals surface area contributed by atoms with Crippen molar-refractivity contribution in [1.82, 2.24) is 14.5 Å². The van der Waals surface area contributed by atoms with E-state index < -0.39 is 6.04 Å². The van der Waals surface area contributed by atoms with Crippen molar-refractivity contribution in [2.45, 2.75) is 39.2 Å². The Balaban J connectivity index is 1.50. The second-order valence-corrected chi connectivity index (χ2v) is 11.6.